The van der Waals surface area contributed by atoms with Gasteiger partial charge in [-0.05, 0) is 81.1 Å². The Labute approximate surface area is 210 Å². The van der Waals surface area contributed by atoms with Crippen LogP contribution in [0.15, 0.2) is 119 Å². The van der Waals surface area contributed by atoms with Crippen LogP contribution >= 0.6 is 23.4 Å². The van der Waals surface area contributed by atoms with Crippen molar-refractivity contribution < 1.29 is 0 Å². The number of hydrogen-bond donors (Lipinski definition) is 0. The normalized spacial score (nSPS) is 18.9. The minimum Gasteiger partial charge on any atom is -0.0898 e. The summed E-state index contributed by atoms with van der Waals surface area (Å²) in [5.41, 5.74) is 10.7. The van der Waals surface area contributed by atoms with Gasteiger partial charge < -0.3 is 0 Å². The molecule has 2 heteroatoms. The summed E-state index contributed by atoms with van der Waals surface area (Å²) in [6.45, 7) is 2.34. The minimum absolute atomic E-state index is 0.259. The number of fused-ring (bicyclic) bond motifs is 8. The number of halogens is 1. The second-order valence-electron chi connectivity index (χ2n) is 9.54. The molecule has 0 aromatic heterocycles. The molecule has 0 N–H and O–H groups in total. The molecule has 164 valence electrons. The summed E-state index contributed by atoms with van der Waals surface area (Å²) in [4.78, 5) is 2.76. The van der Waals surface area contributed by atoms with Crippen LogP contribution in [0.25, 0.3) is 22.3 Å². The van der Waals surface area contributed by atoms with Crippen molar-refractivity contribution in [2.75, 3.05) is 0 Å². The van der Waals surface area contributed by atoms with Crippen molar-refractivity contribution in [2.45, 2.75) is 23.7 Å². The van der Waals surface area contributed by atoms with E-state index in [0.29, 0.717) is 5.92 Å². The zero-order chi connectivity index (χ0) is 22.9. The molecule has 34 heavy (non-hydrogen) atoms. The molecular weight excluding hydrogens is 452 g/mol. The molecule has 0 saturated carbocycles. The lowest BCUT2D eigenvalue weighted by Gasteiger charge is -2.43. The fourth-order valence-electron chi connectivity index (χ4n) is 6.14. The first-order chi connectivity index (χ1) is 16.7. The maximum absolute atomic E-state index is 6.20. The van der Waals surface area contributed by atoms with E-state index in [2.05, 4.69) is 97.9 Å². The lowest BCUT2D eigenvalue weighted by Crippen LogP contribution is -2.34. The van der Waals surface area contributed by atoms with Crippen molar-refractivity contribution in [1.29, 1.82) is 0 Å². The molecule has 3 aliphatic rings. The standard InChI is InChI=1S/C32H23ClS/c1-20-10-16-30-28(18-20)32(26-8-4-2-6-24(26)25-7-3-5-9-27(25)32)29-19-22(13-17-31(29)34-30)21-11-14-23(33)15-12-21/h2-17,19-20H,18H2,1H3. The molecule has 2 aliphatic carbocycles. The zero-order valence-corrected chi connectivity index (χ0v) is 20.5. The van der Waals surface area contributed by atoms with Gasteiger partial charge in [0.2, 0.25) is 0 Å². The van der Waals surface area contributed by atoms with Gasteiger partial charge in [0.15, 0.2) is 0 Å². The Morgan fingerprint density at radius 2 is 1.41 bits per heavy atom. The maximum atomic E-state index is 6.20. The molecule has 1 heterocycles. The molecule has 0 bridgehead atoms. The summed E-state index contributed by atoms with van der Waals surface area (Å²) in [6.07, 6.45) is 5.82. The Balaban J connectivity index is 1.59. The van der Waals surface area contributed by atoms with Gasteiger partial charge in [-0.2, -0.15) is 0 Å². The van der Waals surface area contributed by atoms with Crippen LogP contribution in [-0.2, 0) is 5.41 Å². The highest BCUT2D eigenvalue weighted by Gasteiger charge is 2.51. The van der Waals surface area contributed by atoms with Crippen LogP contribution in [0.2, 0.25) is 5.02 Å². The number of allylic oxidation sites excluding steroid dienone is 3. The molecule has 4 aromatic carbocycles. The fourth-order valence-corrected chi connectivity index (χ4v) is 7.47. The van der Waals surface area contributed by atoms with Gasteiger partial charge in [-0.1, -0.05) is 109 Å². The van der Waals surface area contributed by atoms with Crippen molar-refractivity contribution in [3.8, 4) is 22.3 Å². The van der Waals surface area contributed by atoms with Gasteiger partial charge in [0.05, 0.1) is 5.41 Å². The van der Waals surface area contributed by atoms with Crippen molar-refractivity contribution >= 4 is 23.4 Å². The Morgan fingerprint density at radius 3 is 2.12 bits per heavy atom. The van der Waals surface area contributed by atoms with Gasteiger partial charge in [0.1, 0.15) is 0 Å². The Morgan fingerprint density at radius 1 is 0.765 bits per heavy atom. The monoisotopic (exact) mass is 474 g/mol. The van der Waals surface area contributed by atoms with E-state index >= 15 is 0 Å². The third-order valence-corrected chi connectivity index (χ3v) is 9.02. The van der Waals surface area contributed by atoms with E-state index in [0.717, 1.165) is 11.4 Å². The van der Waals surface area contributed by atoms with Crippen LogP contribution in [-0.4, -0.2) is 0 Å². The van der Waals surface area contributed by atoms with Crippen LogP contribution in [0.4, 0.5) is 0 Å². The summed E-state index contributed by atoms with van der Waals surface area (Å²) in [7, 11) is 0. The Kier molecular flexibility index (Phi) is 4.50. The summed E-state index contributed by atoms with van der Waals surface area (Å²) < 4.78 is 0. The van der Waals surface area contributed by atoms with Crippen LogP contribution in [0, 0.1) is 5.92 Å². The van der Waals surface area contributed by atoms with Crippen LogP contribution in [0.3, 0.4) is 0 Å². The number of benzene rings is 4. The van der Waals surface area contributed by atoms with Gasteiger partial charge in [-0.3, -0.25) is 0 Å². The Hall–Kier alpha value is -3.00. The second kappa shape index (κ2) is 7.50. The molecule has 0 fully saturated rings. The second-order valence-corrected chi connectivity index (χ2v) is 11.1. The molecule has 1 spiro atoms. The Bertz CT molecular complexity index is 1480. The van der Waals surface area contributed by atoms with E-state index in [4.69, 9.17) is 11.6 Å². The highest BCUT2D eigenvalue weighted by atomic mass is 35.5. The van der Waals surface area contributed by atoms with E-state index in [9.17, 15) is 0 Å². The first-order valence-corrected chi connectivity index (χ1v) is 13.1. The highest BCUT2D eigenvalue weighted by Crippen LogP contribution is 2.63. The van der Waals surface area contributed by atoms with E-state index in [-0.39, 0.29) is 5.41 Å². The van der Waals surface area contributed by atoms with Gasteiger partial charge in [-0.25, -0.2) is 0 Å². The number of thioether (sulfide) groups is 1. The molecule has 1 unspecified atom stereocenters. The summed E-state index contributed by atoms with van der Waals surface area (Å²) >= 11 is 8.13. The third kappa shape index (κ3) is 2.75. The average Bonchev–Trinajstić information content (AvgIpc) is 3.16. The average molecular weight is 475 g/mol. The predicted molar refractivity (Wildman–Crippen MR) is 144 cm³/mol. The predicted octanol–water partition coefficient (Wildman–Crippen LogP) is 9.28. The van der Waals surface area contributed by atoms with Gasteiger partial charge >= 0.3 is 0 Å². The quantitative estimate of drug-likeness (QED) is 0.265. The van der Waals surface area contributed by atoms with E-state index in [1.54, 1.807) is 5.57 Å². The van der Waals surface area contributed by atoms with E-state index in [1.807, 2.05) is 23.9 Å². The summed E-state index contributed by atoms with van der Waals surface area (Å²) in [5, 5.41) is 0.769. The summed E-state index contributed by atoms with van der Waals surface area (Å²) in [6, 6.07) is 33.3. The first kappa shape index (κ1) is 20.4. The molecule has 4 aromatic rings. The minimum atomic E-state index is -0.259. The largest absolute Gasteiger partial charge is 0.0898 e. The SMILES string of the molecule is CC1C=CC2=C(C1)C1(c3cc(-c4ccc(Cl)cc4)ccc3S2)c2ccccc2-c2ccccc21. The maximum Gasteiger partial charge on any atom is 0.0698 e. The van der Waals surface area contributed by atoms with Crippen LogP contribution in [0.1, 0.15) is 30.0 Å². The van der Waals surface area contributed by atoms with Gasteiger partial charge in [0.25, 0.3) is 0 Å². The van der Waals surface area contributed by atoms with Crippen molar-refractivity contribution in [3.05, 3.63) is 135 Å². The van der Waals surface area contributed by atoms with Crippen LogP contribution < -0.4 is 0 Å². The molecule has 1 aliphatic heterocycles. The molecule has 0 saturated heterocycles. The van der Waals surface area contributed by atoms with Gasteiger partial charge in [0, 0.05) is 14.8 Å². The van der Waals surface area contributed by atoms with Crippen LogP contribution in [0.5, 0.6) is 0 Å². The van der Waals surface area contributed by atoms with Crippen molar-refractivity contribution in [1.82, 2.24) is 0 Å². The topological polar surface area (TPSA) is 0 Å². The summed E-state index contributed by atoms with van der Waals surface area (Å²) in [5.74, 6) is 0.525. The molecule has 0 amide bonds. The van der Waals surface area contributed by atoms with Crippen molar-refractivity contribution in [3.63, 3.8) is 0 Å². The smallest absolute Gasteiger partial charge is 0.0698 e. The van der Waals surface area contributed by atoms with Gasteiger partial charge in [-0.15, -0.1) is 0 Å². The van der Waals surface area contributed by atoms with E-state index < -0.39 is 0 Å². The molecule has 7 rings (SSSR count). The molecular formula is C32H23ClS. The lowest BCUT2D eigenvalue weighted by atomic mass is 9.64. The zero-order valence-electron chi connectivity index (χ0n) is 18.9. The van der Waals surface area contributed by atoms with E-state index in [1.165, 1.54) is 48.7 Å². The number of rotatable bonds is 1. The number of hydrogen-bond acceptors (Lipinski definition) is 1. The highest BCUT2D eigenvalue weighted by molar-refractivity contribution is 8.03. The lowest BCUT2D eigenvalue weighted by molar-refractivity contribution is 0.604. The molecule has 1 atom stereocenters. The molecule has 0 radical (unpaired) electrons. The fraction of sp³-hybridized carbons (Fsp3) is 0.125. The first-order valence-electron chi connectivity index (χ1n) is 11.9. The van der Waals surface area contributed by atoms with Crippen molar-refractivity contribution in [2.24, 2.45) is 5.92 Å². The molecule has 0 nitrogen and oxygen atoms in total. The third-order valence-electron chi connectivity index (χ3n) is 7.59.